The zero-order valence-electron chi connectivity index (χ0n) is 21.3. The van der Waals surface area contributed by atoms with Crippen molar-refractivity contribution < 1.29 is 0 Å². The molecule has 176 valence electrons. The van der Waals surface area contributed by atoms with Crippen molar-refractivity contribution in [1.82, 2.24) is 0 Å². The van der Waals surface area contributed by atoms with E-state index in [-0.39, 0.29) is 0 Å². The van der Waals surface area contributed by atoms with E-state index in [0.717, 1.165) is 47.3 Å². The third-order valence-corrected chi connectivity index (χ3v) is 10.00. The monoisotopic (exact) mass is 416 g/mol. The molecule has 0 radical (unpaired) electrons. The van der Waals surface area contributed by atoms with E-state index in [1.165, 1.54) is 103 Å². The molecule has 0 amide bonds. The van der Waals surface area contributed by atoms with E-state index >= 15 is 0 Å². The lowest BCUT2D eigenvalue weighted by molar-refractivity contribution is 0.176. The average molecular weight is 417 g/mol. The predicted molar refractivity (Wildman–Crippen MR) is 134 cm³/mol. The van der Waals surface area contributed by atoms with Crippen LogP contribution in [0.2, 0.25) is 0 Å². The van der Waals surface area contributed by atoms with E-state index in [1.807, 2.05) is 0 Å². The van der Waals surface area contributed by atoms with Crippen LogP contribution in [0, 0.1) is 47.3 Å². The molecule has 0 heteroatoms. The minimum Gasteiger partial charge on any atom is -0.0625 e. The summed E-state index contributed by atoms with van der Waals surface area (Å²) in [5.74, 6) is 8.45. The van der Waals surface area contributed by atoms with Gasteiger partial charge in [-0.3, -0.25) is 0 Å². The molecule has 4 rings (SSSR count). The van der Waals surface area contributed by atoms with Crippen molar-refractivity contribution in [3.05, 3.63) is 0 Å². The summed E-state index contributed by atoms with van der Waals surface area (Å²) >= 11 is 0. The fourth-order valence-corrected chi connectivity index (χ4v) is 7.34. The second-order valence-electron chi connectivity index (χ2n) is 12.9. The fraction of sp³-hybridized carbons (Fsp3) is 1.00. The van der Waals surface area contributed by atoms with Gasteiger partial charge in [0.1, 0.15) is 0 Å². The molecule has 0 bridgehead atoms. The molecule has 0 aromatic heterocycles. The van der Waals surface area contributed by atoms with Gasteiger partial charge in [0, 0.05) is 0 Å². The minimum atomic E-state index is 1.02. The quantitative estimate of drug-likeness (QED) is 0.427. The van der Waals surface area contributed by atoms with Crippen LogP contribution in [-0.2, 0) is 0 Å². The van der Waals surface area contributed by atoms with Crippen LogP contribution in [0.5, 0.6) is 0 Å². The van der Waals surface area contributed by atoms with E-state index in [2.05, 4.69) is 27.7 Å². The first-order chi connectivity index (χ1) is 14.5. The standard InChI is InChI=1S/2C15H28/c1-12-3-7-14(8-4-12)11-15-9-5-13(2)6-10-15;1-12-7-9-14(10-8-12)11-15-6-4-3-5-13(15)2/h2*12-15H,3-11H2,1-2H3. The van der Waals surface area contributed by atoms with E-state index in [9.17, 15) is 0 Å². The van der Waals surface area contributed by atoms with Crippen LogP contribution in [0.4, 0.5) is 0 Å². The number of hydrogen-bond acceptors (Lipinski definition) is 0. The Kier molecular flexibility index (Phi) is 10.6. The van der Waals surface area contributed by atoms with Crippen LogP contribution >= 0.6 is 0 Å². The first-order valence-corrected chi connectivity index (χ1v) is 14.5. The normalized spacial score (nSPS) is 42.8. The van der Waals surface area contributed by atoms with Gasteiger partial charge in [0.05, 0.1) is 0 Å². The van der Waals surface area contributed by atoms with Crippen molar-refractivity contribution >= 4 is 0 Å². The summed E-state index contributed by atoms with van der Waals surface area (Å²) in [6, 6.07) is 0. The molecular formula is C30H56. The minimum absolute atomic E-state index is 1.02. The topological polar surface area (TPSA) is 0 Å². The molecule has 0 aliphatic heterocycles. The Labute approximate surface area is 190 Å². The molecule has 4 aliphatic carbocycles. The molecule has 4 aliphatic rings. The lowest BCUT2D eigenvalue weighted by atomic mass is 9.72. The van der Waals surface area contributed by atoms with E-state index in [0.29, 0.717) is 0 Å². The summed E-state index contributed by atoms with van der Waals surface area (Å²) in [5, 5.41) is 0. The fourth-order valence-electron chi connectivity index (χ4n) is 7.34. The Bertz CT molecular complexity index is 409. The molecule has 0 aromatic rings. The Morgan fingerprint density at radius 3 is 1.17 bits per heavy atom. The highest BCUT2D eigenvalue weighted by Crippen LogP contribution is 2.40. The zero-order chi connectivity index (χ0) is 21.3. The average Bonchev–Trinajstić information content (AvgIpc) is 2.75. The molecule has 0 aromatic carbocycles. The Hall–Kier alpha value is 0. The van der Waals surface area contributed by atoms with E-state index < -0.39 is 0 Å². The largest absolute Gasteiger partial charge is 0.0625 e. The maximum atomic E-state index is 2.50. The smallest absolute Gasteiger partial charge is 0.0386 e. The zero-order valence-corrected chi connectivity index (χ0v) is 21.3. The van der Waals surface area contributed by atoms with Crippen LogP contribution in [0.15, 0.2) is 0 Å². The predicted octanol–water partition coefficient (Wildman–Crippen LogP) is 10.1. The van der Waals surface area contributed by atoms with Crippen LogP contribution in [0.25, 0.3) is 0 Å². The van der Waals surface area contributed by atoms with E-state index in [4.69, 9.17) is 0 Å². The molecule has 0 spiro atoms. The van der Waals surface area contributed by atoms with Gasteiger partial charge < -0.3 is 0 Å². The lowest BCUT2D eigenvalue weighted by Gasteiger charge is -2.34. The van der Waals surface area contributed by atoms with Gasteiger partial charge in [-0.1, -0.05) is 130 Å². The third kappa shape index (κ3) is 8.50. The molecule has 0 N–H and O–H groups in total. The van der Waals surface area contributed by atoms with Gasteiger partial charge in [0.15, 0.2) is 0 Å². The van der Waals surface area contributed by atoms with Gasteiger partial charge in [-0.15, -0.1) is 0 Å². The summed E-state index contributed by atoms with van der Waals surface area (Å²) in [4.78, 5) is 0. The highest BCUT2D eigenvalue weighted by Gasteiger charge is 2.27. The van der Waals surface area contributed by atoms with Crippen molar-refractivity contribution in [2.45, 2.75) is 143 Å². The highest BCUT2D eigenvalue weighted by atomic mass is 14.3. The maximum absolute atomic E-state index is 2.50. The summed E-state index contributed by atoms with van der Waals surface area (Å²) in [5.41, 5.74) is 0. The van der Waals surface area contributed by atoms with Gasteiger partial charge in [-0.2, -0.15) is 0 Å². The van der Waals surface area contributed by atoms with Crippen LogP contribution < -0.4 is 0 Å². The maximum Gasteiger partial charge on any atom is -0.0386 e. The van der Waals surface area contributed by atoms with Crippen molar-refractivity contribution in [3.8, 4) is 0 Å². The van der Waals surface area contributed by atoms with Gasteiger partial charge >= 0.3 is 0 Å². The molecule has 30 heavy (non-hydrogen) atoms. The van der Waals surface area contributed by atoms with Crippen LogP contribution in [0.1, 0.15) is 143 Å². The van der Waals surface area contributed by atoms with Crippen LogP contribution in [-0.4, -0.2) is 0 Å². The molecule has 0 heterocycles. The molecule has 2 unspecified atom stereocenters. The molecule has 0 nitrogen and oxygen atoms in total. The SMILES string of the molecule is CC1CCC(CC2CCC(C)CC2)CC1.CC1CCC(CC2CCCCC2C)CC1. The van der Waals surface area contributed by atoms with Gasteiger partial charge in [-0.25, -0.2) is 0 Å². The molecule has 2 atom stereocenters. The lowest BCUT2D eigenvalue weighted by Crippen LogP contribution is -2.22. The first-order valence-electron chi connectivity index (χ1n) is 14.5. The Morgan fingerprint density at radius 2 is 0.767 bits per heavy atom. The summed E-state index contributed by atoms with van der Waals surface area (Å²) in [7, 11) is 0. The third-order valence-electron chi connectivity index (χ3n) is 10.00. The van der Waals surface area contributed by atoms with Gasteiger partial charge in [0.25, 0.3) is 0 Å². The van der Waals surface area contributed by atoms with Gasteiger partial charge in [-0.05, 0) is 60.2 Å². The summed E-state index contributed by atoms with van der Waals surface area (Å²) < 4.78 is 0. The summed E-state index contributed by atoms with van der Waals surface area (Å²) in [6.45, 7) is 9.78. The van der Waals surface area contributed by atoms with E-state index in [1.54, 1.807) is 12.8 Å². The Morgan fingerprint density at radius 1 is 0.400 bits per heavy atom. The molecular weight excluding hydrogens is 360 g/mol. The van der Waals surface area contributed by atoms with Gasteiger partial charge in [0.2, 0.25) is 0 Å². The number of hydrogen-bond donors (Lipinski definition) is 0. The molecule has 4 saturated carbocycles. The second kappa shape index (κ2) is 12.9. The van der Waals surface area contributed by atoms with Crippen molar-refractivity contribution in [3.63, 3.8) is 0 Å². The second-order valence-corrected chi connectivity index (χ2v) is 12.9. The summed E-state index contributed by atoms with van der Waals surface area (Å²) in [6.07, 6.45) is 27.4. The van der Waals surface area contributed by atoms with Crippen molar-refractivity contribution in [1.29, 1.82) is 0 Å². The molecule has 4 fully saturated rings. The highest BCUT2D eigenvalue weighted by molar-refractivity contribution is 4.79. The first kappa shape index (κ1) is 24.6. The van der Waals surface area contributed by atoms with Crippen molar-refractivity contribution in [2.75, 3.05) is 0 Å². The number of rotatable bonds is 4. The van der Waals surface area contributed by atoms with Crippen LogP contribution in [0.3, 0.4) is 0 Å². The Balaban J connectivity index is 0.000000171. The molecule has 0 saturated heterocycles. The van der Waals surface area contributed by atoms with Crippen molar-refractivity contribution in [2.24, 2.45) is 47.3 Å².